The number of carbonyl (C=O) groups is 1. The summed E-state index contributed by atoms with van der Waals surface area (Å²) >= 11 is 0. The highest BCUT2D eigenvalue weighted by Crippen LogP contribution is 2.40. The molecule has 0 amide bonds. The minimum Gasteiger partial charge on any atom is -0.467 e. The molecule has 0 bridgehead atoms. The van der Waals surface area contributed by atoms with Crippen molar-refractivity contribution in [1.29, 1.82) is 0 Å². The van der Waals surface area contributed by atoms with Crippen molar-refractivity contribution in [3.05, 3.63) is 23.8 Å². The molecule has 0 atom stereocenters. The summed E-state index contributed by atoms with van der Waals surface area (Å²) in [6.07, 6.45) is 4.33. The van der Waals surface area contributed by atoms with E-state index in [-0.39, 0.29) is 17.9 Å². The van der Waals surface area contributed by atoms with Crippen molar-refractivity contribution in [2.45, 2.75) is 50.2 Å². The third-order valence-electron chi connectivity index (χ3n) is 6.50. The quantitative estimate of drug-likeness (QED) is 0.554. The number of esters is 1. The molecule has 2 N–H and O–H groups in total. The molecule has 0 aromatic carbocycles. The number of H-pyrrole nitrogens is 1. The minimum absolute atomic E-state index is 0.0924. The van der Waals surface area contributed by atoms with Gasteiger partial charge in [-0.3, -0.25) is 5.10 Å². The molecule has 170 valence electrons. The number of aromatic nitrogens is 6. The largest absolute Gasteiger partial charge is 0.467 e. The van der Waals surface area contributed by atoms with Gasteiger partial charge in [0.25, 0.3) is 0 Å². The maximum atomic E-state index is 12.3. The van der Waals surface area contributed by atoms with Gasteiger partial charge in [-0.25, -0.2) is 19.4 Å². The normalized spacial score (nSPS) is 23.8. The Morgan fingerprint density at radius 3 is 2.66 bits per heavy atom. The number of hydrogen-bond acceptors (Lipinski definition) is 9. The van der Waals surface area contributed by atoms with Crippen molar-refractivity contribution in [2.24, 2.45) is 0 Å². The lowest BCUT2D eigenvalue weighted by atomic mass is 9.78. The second kappa shape index (κ2) is 8.14. The molecule has 11 heteroatoms. The van der Waals surface area contributed by atoms with E-state index < -0.39 is 5.60 Å². The maximum Gasteiger partial charge on any atom is 0.338 e. The van der Waals surface area contributed by atoms with Gasteiger partial charge in [-0.2, -0.15) is 10.2 Å². The lowest BCUT2D eigenvalue weighted by Gasteiger charge is -2.36. The number of aromatic amines is 1. The van der Waals surface area contributed by atoms with Gasteiger partial charge in [-0.15, -0.1) is 0 Å². The Morgan fingerprint density at radius 2 is 2.06 bits per heavy atom. The van der Waals surface area contributed by atoms with Gasteiger partial charge in [0.15, 0.2) is 17.1 Å². The van der Waals surface area contributed by atoms with Gasteiger partial charge >= 0.3 is 5.97 Å². The molecule has 1 saturated carbocycles. The van der Waals surface area contributed by atoms with Crippen LogP contribution in [0.1, 0.15) is 49.2 Å². The summed E-state index contributed by atoms with van der Waals surface area (Å²) in [6.45, 7) is 3.19. The molecule has 1 saturated heterocycles. The zero-order valence-corrected chi connectivity index (χ0v) is 18.4. The van der Waals surface area contributed by atoms with Crippen molar-refractivity contribution < 1.29 is 19.0 Å². The molecule has 0 spiro atoms. The topological polar surface area (TPSA) is 129 Å². The Kier molecular flexibility index (Phi) is 5.30. The van der Waals surface area contributed by atoms with E-state index in [1.807, 2.05) is 17.7 Å². The molecule has 2 aliphatic rings. The number of hydrogen-bond donors (Lipinski definition) is 2. The number of nitrogens with one attached hydrogen (secondary N) is 2. The molecule has 1 aliphatic heterocycles. The first-order chi connectivity index (χ1) is 15.5. The second-order valence-electron chi connectivity index (χ2n) is 8.47. The smallest absolute Gasteiger partial charge is 0.338 e. The average Bonchev–Trinajstić information content (AvgIpc) is 3.38. The fraction of sp³-hybridized carbons (Fsp3) is 0.571. The number of rotatable bonds is 6. The van der Waals surface area contributed by atoms with E-state index in [1.165, 1.54) is 7.11 Å². The first-order valence-corrected chi connectivity index (χ1v) is 10.8. The second-order valence-corrected chi connectivity index (χ2v) is 8.47. The highest BCUT2D eigenvalue weighted by molar-refractivity contribution is 5.88. The number of ether oxygens (including phenoxy) is 3. The van der Waals surface area contributed by atoms with Gasteiger partial charge in [0, 0.05) is 24.8 Å². The Morgan fingerprint density at radius 1 is 1.28 bits per heavy atom. The van der Waals surface area contributed by atoms with Crippen molar-refractivity contribution in [1.82, 2.24) is 29.9 Å². The fourth-order valence-corrected chi connectivity index (χ4v) is 4.48. The van der Waals surface area contributed by atoms with Gasteiger partial charge < -0.3 is 19.5 Å². The SMILES string of the molecule is COC(=O)C1(OC)CCC(c2nc(Nc3cc(C)[nH]n3)c3cnn(C4COC4)c3n2)CC1. The van der Waals surface area contributed by atoms with Crippen LogP contribution in [0.3, 0.4) is 0 Å². The molecular formula is C21H27N7O4. The summed E-state index contributed by atoms with van der Waals surface area (Å²) in [4.78, 5) is 22.1. The zero-order valence-electron chi connectivity index (χ0n) is 18.4. The zero-order chi connectivity index (χ0) is 22.3. The van der Waals surface area contributed by atoms with Crippen LogP contribution in [-0.4, -0.2) is 68.9 Å². The molecule has 3 aromatic heterocycles. The van der Waals surface area contributed by atoms with Crippen molar-refractivity contribution >= 4 is 28.6 Å². The average molecular weight is 441 g/mol. The van der Waals surface area contributed by atoms with Crippen molar-refractivity contribution in [3.8, 4) is 0 Å². The maximum absolute atomic E-state index is 12.3. The minimum atomic E-state index is -0.895. The van der Waals surface area contributed by atoms with Gasteiger partial charge in [0.2, 0.25) is 0 Å². The van der Waals surface area contributed by atoms with Crippen LogP contribution in [0.2, 0.25) is 0 Å². The number of aryl methyl sites for hydroxylation is 1. The molecule has 3 aromatic rings. The summed E-state index contributed by atoms with van der Waals surface area (Å²) in [5.41, 5.74) is 0.828. The summed E-state index contributed by atoms with van der Waals surface area (Å²) in [7, 11) is 2.96. The van der Waals surface area contributed by atoms with E-state index in [4.69, 9.17) is 24.2 Å². The predicted molar refractivity (Wildman–Crippen MR) is 115 cm³/mol. The molecule has 11 nitrogen and oxygen atoms in total. The van der Waals surface area contributed by atoms with E-state index in [1.54, 1.807) is 13.3 Å². The molecule has 0 radical (unpaired) electrons. The molecule has 0 unspecified atom stereocenters. The third kappa shape index (κ3) is 3.51. The van der Waals surface area contributed by atoms with Crippen LogP contribution in [0, 0.1) is 6.92 Å². The van der Waals surface area contributed by atoms with Crippen LogP contribution in [0.25, 0.3) is 11.0 Å². The molecule has 32 heavy (non-hydrogen) atoms. The summed E-state index contributed by atoms with van der Waals surface area (Å²) in [5, 5.41) is 15.9. The van der Waals surface area contributed by atoms with E-state index in [9.17, 15) is 4.79 Å². The molecule has 1 aliphatic carbocycles. The summed E-state index contributed by atoms with van der Waals surface area (Å²) in [5.74, 6) is 1.84. The van der Waals surface area contributed by atoms with Crippen LogP contribution in [0.5, 0.6) is 0 Å². The van der Waals surface area contributed by atoms with Gasteiger partial charge in [0.1, 0.15) is 17.7 Å². The van der Waals surface area contributed by atoms with Crippen LogP contribution >= 0.6 is 0 Å². The Hall–Kier alpha value is -3.05. The van der Waals surface area contributed by atoms with Gasteiger partial charge in [-0.05, 0) is 32.6 Å². The monoisotopic (exact) mass is 441 g/mol. The number of carbonyl (C=O) groups excluding carboxylic acids is 1. The first-order valence-electron chi connectivity index (χ1n) is 10.8. The fourth-order valence-electron chi connectivity index (χ4n) is 4.48. The first kappa shape index (κ1) is 20.8. The Bertz CT molecular complexity index is 1130. The van der Waals surface area contributed by atoms with Crippen LogP contribution in [-0.2, 0) is 19.0 Å². The number of nitrogens with zero attached hydrogens (tertiary/aromatic N) is 5. The highest BCUT2D eigenvalue weighted by Gasteiger charge is 2.44. The lowest BCUT2D eigenvalue weighted by Crippen LogP contribution is -2.44. The van der Waals surface area contributed by atoms with Crippen molar-refractivity contribution in [3.63, 3.8) is 0 Å². The van der Waals surface area contributed by atoms with Crippen molar-refractivity contribution in [2.75, 3.05) is 32.8 Å². The van der Waals surface area contributed by atoms with E-state index in [0.717, 1.165) is 35.4 Å². The predicted octanol–water partition coefficient (Wildman–Crippen LogP) is 2.39. The van der Waals surface area contributed by atoms with Crippen LogP contribution < -0.4 is 5.32 Å². The third-order valence-corrected chi connectivity index (χ3v) is 6.50. The Labute approximate surface area is 184 Å². The van der Waals surface area contributed by atoms with Gasteiger partial charge in [-0.1, -0.05) is 0 Å². The standard InChI is InChI=1S/C21H27N7O4/c1-12-8-16(27-26-12)23-18-15-9-22-28(14-10-32-11-14)19(15)25-17(24-18)13-4-6-21(31-3,7-5-13)20(29)30-2/h8-9,13-14H,4-7,10-11H2,1-3H3,(H2,23,24,25,26,27). The number of methoxy groups -OCH3 is 2. The van der Waals surface area contributed by atoms with E-state index in [2.05, 4.69) is 20.6 Å². The van der Waals surface area contributed by atoms with E-state index >= 15 is 0 Å². The van der Waals surface area contributed by atoms with E-state index in [0.29, 0.717) is 37.7 Å². The molecule has 5 rings (SSSR count). The van der Waals surface area contributed by atoms with Crippen LogP contribution in [0.15, 0.2) is 12.3 Å². The highest BCUT2D eigenvalue weighted by atomic mass is 16.6. The lowest BCUT2D eigenvalue weighted by molar-refractivity contribution is -0.170. The number of anilines is 2. The molecule has 4 heterocycles. The summed E-state index contributed by atoms with van der Waals surface area (Å²) < 4.78 is 17.8. The summed E-state index contributed by atoms with van der Waals surface area (Å²) in [6, 6.07) is 2.09. The Balaban J connectivity index is 1.49. The molecule has 2 fully saturated rings. The van der Waals surface area contributed by atoms with Crippen LogP contribution in [0.4, 0.5) is 11.6 Å². The number of fused-ring (bicyclic) bond motifs is 1. The van der Waals surface area contributed by atoms with Gasteiger partial charge in [0.05, 0.1) is 31.9 Å². The molecular weight excluding hydrogens is 414 g/mol.